The van der Waals surface area contributed by atoms with Crippen LogP contribution in [0.1, 0.15) is 0 Å². The number of aromatic nitrogens is 6. The van der Waals surface area contributed by atoms with Gasteiger partial charge in [-0.2, -0.15) is 19.9 Å². The summed E-state index contributed by atoms with van der Waals surface area (Å²) in [5.41, 5.74) is 10.5. The SMILES string of the molecule is Nc1[nH]n2c(=O)cc(-c3ccc4n[nH]nc4c3)nc2c1-c1ccc(Cl)cc1. The monoisotopic (exact) mass is 377 g/mol. The van der Waals surface area contributed by atoms with Crippen molar-refractivity contribution in [1.29, 1.82) is 0 Å². The minimum absolute atomic E-state index is 0.262. The van der Waals surface area contributed by atoms with Crippen molar-refractivity contribution in [2.24, 2.45) is 0 Å². The first-order valence-corrected chi connectivity index (χ1v) is 8.46. The number of hydrogen-bond acceptors (Lipinski definition) is 5. The molecule has 0 fully saturated rings. The second-order valence-corrected chi connectivity index (χ2v) is 6.51. The van der Waals surface area contributed by atoms with Gasteiger partial charge in [0.15, 0.2) is 5.65 Å². The van der Waals surface area contributed by atoms with Crippen LogP contribution in [0.3, 0.4) is 0 Å². The van der Waals surface area contributed by atoms with E-state index in [1.807, 2.05) is 30.3 Å². The van der Waals surface area contributed by atoms with Crippen molar-refractivity contribution in [1.82, 2.24) is 30.0 Å². The van der Waals surface area contributed by atoms with Crippen molar-refractivity contribution in [3.05, 3.63) is 63.9 Å². The lowest BCUT2D eigenvalue weighted by molar-refractivity contribution is 0.906. The Balaban J connectivity index is 1.77. The average Bonchev–Trinajstić information content (AvgIpc) is 3.26. The number of H-pyrrole nitrogens is 2. The summed E-state index contributed by atoms with van der Waals surface area (Å²) in [6.45, 7) is 0. The zero-order valence-corrected chi connectivity index (χ0v) is 14.5. The van der Waals surface area contributed by atoms with Crippen LogP contribution in [-0.2, 0) is 0 Å². The van der Waals surface area contributed by atoms with Gasteiger partial charge in [0.1, 0.15) is 16.9 Å². The molecule has 3 heterocycles. The fourth-order valence-corrected chi connectivity index (χ4v) is 3.23. The van der Waals surface area contributed by atoms with Gasteiger partial charge in [0.05, 0.1) is 11.3 Å². The second kappa shape index (κ2) is 5.68. The van der Waals surface area contributed by atoms with Crippen LogP contribution in [0.15, 0.2) is 53.3 Å². The smallest absolute Gasteiger partial charge is 0.273 e. The highest BCUT2D eigenvalue weighted by Crippen LogP contribution is 2.30. The molecule has 0 aliphatic heterocycles. The molecule has 0 saturated carbocycles. The summed E-state index contributed by atoms with van der Waals surface area (Å²) >= 11 is 5.98. The third kappa shape index (κ3) is 2.46. The van der Waals surface area contributed by atoms with Crippen LogP contribution >= 0.6 is 11.6 Å². The number of nitrogens with two attached hydrogens (primary N) is 1. The summed E-state index contributed by atoms with van der Waals surface area (Å²) in [5, 5.41) is 14.2. The zero-order valence-electron chi connectivity index (χ0n) is 13.8. The Hall–Kier alpha value is -3.65. The molecule has 3 aromatic heterocycles. The van der Waals surface area contributed by atoms with Gasteiger partial charge in [-0.1, -0.05) is 29.8 Å². The van der Waals surface area contributed by atoms with Gasteiger partial charge in [-0.25, -0.2) is 4.98 Å². The van der Waals surface area contributed by atoms with Crippen LogP contribution in [-0.4, -0.2) is 30.0 Å². The van der Waals surface area contributed by atoms with Crippen LogP contribution in [0, 0.1) is 0 Å². The summed E-state index contributed by atoms with van der Waals surface area (Å²) in [6, 6.07) is 14.2. The number of nitrogen functional groups attached to an aromatic ring is 1. The third-order valence-corrected chi connectivity index (χ3v) is 4.64. The van der Waals surface area contributed by atoms with Gasteiger partial charge in [-0.15, -0.1) is 0 Å². The first kappa shape index (κ1) is 15.6. The highest BCUT2D eigenvalue weighted by molar-refractivity contribution is 6.30. The Kier molecular flexibility index (Phi) is 3.28. The molecule has 0 spiro atoms. The van der Waals surface area contributed by atoms with Gasteiger partial charge in [-0.3, -0.25) is 9.89 Å². The van der Waals surface area contributed by atoms with Crippen LogP contribution in [0.25, 0.3) is 39.1 Å². The highest BCUT2D eigenvalue weighted by Gasteiger charge is 2.16. The molecule has 5 aromatic rings. The number of nitrogens with one attached hydrogen (secondary N) is 2. The molecule has 2 aromatic carbocycles. The van der Waals surface area contributed by atoms with E-state index >= 15 is 0 Å². The van der Waals surface area contributed by atoms with Crippen molar-refractivity contribution in [2.75, 3.05) is 5.73 Å². The molecule has 0 unspecified atom stereocenters. The molecule has 5 rings (SSSR count). The molecule has 8 nitrogen and oxygen atoms in total. The van der Waals surface area contributed by atoms with Gasteiger partial charge in [-0.05, 0) is 29.8 Å². The maximum Gasteiger partial charge on any atom is 0.273 e. The van der Waals surface area contributed by atoms with Crippen LogP contribution in [0.5, 0.6) is 0 Å². The van der Waals surface area contributed by atoms with Gasteiger partial charge < -0.3 is 5.73 Å². The summed E-state index contributed by atoms with van der Waals surface area (Å²) in [7, 11) is 0. The predicted molar refractivity (Wildman–Crippen MR) is 104 cm³/mol. The van der Waals surface area contributed by atoms with E-state index in [9.17, 15) is 4.79 Å². The van der Waals surface area contributed by atoms with Crippen LogP contribution in [0.4, 0.5) is 5.82 Å². The van der Waals surface area contributed by atoms with E-state index in [2.05, 4.69) is 25.5 Å². The number of fused-ring (bicyclic) bond motifs is 2. The summed E-state index contributed by atoms with van der Waals surface area (Å²) in [6.07, 6.45) is 0. The van der Waals surface area contributed by atoms with E-state index in [4.69, 9.17) is 17.3 Å². The Morgan fingerprint density at radius 2 is 1.70 bits per heavy atom. The number of rotatable bonds is 2. The van der Waals surface area contributed by atoms with Crippen molar-refractivity contribution in [3.63, 3.8) is 0 Å². The molecule has 4 N–H and O–H groups in total. The summed E-state index contributed by atoms with van der Waals surface area (Å²) in [5.74, 6) is 0.353. The zero-order chi connectivity index (χ0) is 18.5. The number of halogens is 1. The molecule has 0 aliphatic carbocycles. The van der Waals surface area contributed by atoms with Crippen molar-refractivity contribution < 1.29 is 0 Å². The highest BCUT2D eigenvalue weighted by atomic mass is 35.5. The number of nitrogens with zero attached hydrogens (tertiary/aromatic N) is 4. The third-order valence-electron chi connectivity index (χ3n) is 4.39. The van der Waals surface area contributed by atoms with E-state index < -0.39 is 0 Å². The second-order valence-electron chi connectivity index (χ2n) is 6.07. The predicted octanol–water partition coefficient (Wildman–Crippen LogP) is 2.86. The van der Waals surface area contributed by atoms with Gasteiger partial charge >= 0.3 is 0 Å². The molecule has 0 radical (unpaired) electrons. The summed E-state index contributed by atoms with van der Waals surface area (Å²) < 4.78 is 1.33. The van der Waals surface area contributed by atoms with Gasteiger partial charge in [0.25, 0.3) is 5.56 Å². The summed E-state index contributed by atoms with van der Waals surface area (Å²) in [4.78, 5) is 17.3. The Morgan fingerprint density at radius 3 is 2.52 bits per heavy atom. The number of benzene rings is 2. The first-order chi connectivity index (χ1) is 13.1. The fraction of sp³-hybridized carbons (Fsp3) is 0. The molecule has 9 heteroatoms. The Bertz CT molecular complexity index is 1360. The fourth-order valence-electron chi connectivity index (χ4n) is 3.10. The lowest BCUT2D eigenvalue weighted by atomic mass is 10.1. The molecule has 0 aliphatic rings. The molecule has 132 valence electrons. The van der Waals surface area contributed by atoms with Crippen LogP contribution in [0.2, 0.25) is 5.02 Å². The molecule has 0 bridgehead atoms. The number of hydrogen-bond donors (Lipinski definition) is 3. The van der Waals surface area contributed by atoms with Gasteiger partial charge in [0, 0.05) is 16.7 Å². The normalized spacial score (nSPS) is 11.4. The van der Waals surface area contributed by atoms with E-state index in [1.54, 1.807) is 12.1 Å². The lowest BCUT2D eigenvalue weighted by Gasteiger charge is -2.04. The minimum atomic E-state index is -0.262. The van der Waals surface area contributed by atoms with E-state index in [1.165, 1.54) is 10.6 Å². The maximum atomic E-state index is 12.6. The molecule has 0 saturated heterocycles. The standard InChI is InChI=1S/C18H12ClN7O/c19-11-4-1-9(2-5-11)16-17(20)24-26-15(27)8-13(21-18(16)26)10-3-6-12-14(7-10)23-25-22-12/h1-8,24H,20H2,(H,22,23,25). The quantitative estimate of drug-likeness (QED) is 0.437. The molecular formula is C18H12ClN7O. The van der Waals surface area contributed by atoms with E-state index in [-0.39, 0.29) is 5.56 Å². The number of anilines is 1. The molecule has 0 amide bonds. The Labute approximate surface area is 156 Å². The average molecular weight is 378 g/mol. The van der Waals surface area contributed by atoms with Crippen molar-refractivity contribution in [2.45, 2.75) is 0 Å². The lowest BCUT2D eigenvalue weighted by Crippen LogP contribution is -2.14. The maximum absolute atomic E-state index is 12.6. The Morgan fingerprint density at radius 1 is 0.963 bits per heavy atom. The van der Waals surface area contributed by atoms with Gasteiger partial charge in [0.2, 0.25) is 0 Å². The van der Waals surface area contributed by atoms with Crippen molar-refractivity contribution in [3.8, 4) is 22.4 Å². The number of aromatic amines is 2. The van der Waals surface area contributed by atoms with Crippen LogP contribution < -0.4 is 11.3 Å². The van der Waals surface area contributed by atoms with E-state index in [0.29, 0.717) is 33.3 Å². The van der Waals surface area contributed by atoms with Crippen molar-refractivity contribution >= 4 is 34.1 Å². The molecular weight excluding hydrogens is 366 g/mol. The first-order valence-electron chi connectivity index (χ1n) is 8.08. The largest absolute Gasteiger partial charge is 0.384 e. The molecule has 27 heavy (non-hydrogen) atoms. The minimum Gasteiger partial charge on any atom is -0.384 e. The van der Waals surface area contributed by atoms with E-state index in [0.717, 1.165) is 16.6 Å². The molecule has 0 atom stereocenters. The topological polar surface area (TPSA) is 118 Å².